The highest BCUT2D eigenvalue weighted by Crippen LogP contribution is 2.40. The van der Waals surface area contributed by atoms with Gasteiger partial charge in [-0.3, -0.25) is 9.59 Å². The molecule has 3 nitrogen and oxygen atoms in total. The number of fused-ring (bicyclic) bond motifs is 2. The Morgan fingerprint density at radius 1 is 0.679 bits per heavy atom. The zero-order valence-electron chi connectivity index (χ0n) is 15.3. The average Bonchev–Trinajstić information content (AvgIpc) is 2.98. The molecule has 0 aliphatic carbocycles. The van der Waals surface area contributed by atoms with Gasteiger partial charge in [0, 0.05) is 5.56 Å². The van der Waals surface area contributed by atoms with E-state index in [0.717, 1.165) is 27.5 Å². The molecule has 134 valence electrons. The third kappa shape index (κ3) is 2.37. The number of carbonyl (C=O) groups excluding carboxylic acids is 2. The van der Waals surface area contributed by atoms with Crippen molar-refractivity contribution in [2.75, 3.05) is 4.90 Å². The summed E-state index contributed by atoms with van der Waals surface area (Å²) in [6, 6.07) is 27.0. The van der Waals surface area contributed by atoms with Gasteiger partial charge in [-0.15, -0.1) is 0 Å². The third-order valence-corrected chi connectivity index (χ3v) is 5.25. The van der Waals surface area contributed by atoms with Gasteiger partial charge in [0.05, 0.1) is 16.8 Å². The number of rotatable bonds is 2. The normalized spacial score (nSPS) is 13.2. The van der Waals surface area contributed by atoms with Crippen LogP contribution in [0.5, 0.6) is 0 Å². The van der Waals surface area contributed by atoms with Crippen LogP contribution in [0.4, 0.5) is 5.69 Å². The minimum atomic E-state index is -0.271. The van der Waals surface area contributed by atoms with Crippen molar-refractivity contribution in [3.8, 4) is 11.1 Å². The quantitative estimate of drug-likeness (QED) is 0.434. The van der Waals surface area contributed by atoms with E-state index in [1.165, 1.54) is 4.90 Å². The van der Waals surface area contributed by atoms with E-state index in [2.05, 4.69) is 0 Å². The molecule has 0 saturated carbocycles. The number of nitrogens with zero attached hydrogens (tertiary/aromatic N) is 1. The van der Waals surface area contributed by atoms with E-state index in [-0.39, 0.29) is 11.8 Å². The van der Waals surface area contributed by atoms with Gasteiger partial charge in [0.25, 0.3) is 11.8 Å². The van der Waals surface area contributed by atoms with Gasteiger partial charge < -0.3 is 0 Å². The molecule has 1 aliphatic heterocycles. The number of anilines is 1. The Bertz CT molecular complexity index is 1240. The van der Waals surface area contributed by atoms with E-state index in [9.17, 15) is 9.59 Å². The molecular formula is C25H17NO2. The summed E-state index contributed by atoms with van der Waals surface area (Å²) < 4.78 is 0. The van der Waals surface area contributed by atoms with Crippen LogP contribution in [0.15, 0.2) is 84.9 Å². The Balaban J connectivity index is 1.81. The topological polar surface area (TPSA) is 37.4 Å². The van der Waals surface area contributed by atoms with Gasteiger partial charge in [0.15, 0.2) is 0 Å². The fraction of sp³-hybridized carbons (Fsp3) is 0.0400. The molecule has 0 aromatic heterocycles. The van der Waals surface area contributed by atoms with Crippen LogP contribution in [0.1, 0.15) is 26.3 Å². The van der Waals surface area contributed by atoms with Gasteiger partial charge in [-0.25, -0.2) is 4.90 Å². The largest absolute Gasteiger partial charge is 0.268 e. The van der Waals surface area contributed by atoms with Gasteiger partial charge in [0.1, 0.15) is 0 Å². The van der Waals surface area contributed by atoms with Gasteiger partial charge >= 0.3 is 0 Å². The summed E-state index contributed by atoms with van der Waals surface area (Å²) in [5.74, 6) is -0.541. The molecule has 0 radical (unpaired) electrons. The van der Waals surface area contributed by atoms with Crippen molar-refractivity contribution >= 4 is 28.3 Å². The third-order valence-electron chi connectivity index (χ3n) is 5.25. The average molecular weight is 363 g/mol. The first-order valence-corrected chi connectivity index (χ1v) is 9.22. The molecule has 0 saturated heterocycles. The Kier molecular flexibility index (Phi) is 3.63. The molecule has 1 aliphatic rings. The van der Waals surface area contributed by atoms with Gasteiger partial charge in [0.2, 0.25) is 0 Å². The van der Waals surface area contributed by atoms with Crippen LogP contribution in [0, 0.1) is 6.92 Å². The highest BCUT2D eigenvalue weighted by molar-refractivity contribution is 6.37. The molecule has 0 atom stereocenters. The first-order chi connectivity index (χ1) is 13.6. The predicted octanol–water partition coefficient (Wildman–Crippen LogP) is 5.62. The van der Waals surface area contributed by atoms with Crippen LogP contribution < -0.4 is 4.90 Å². The summed E-state index contributed by atoms with van der Waals surface area (Å²) >= 11 is 0. The van der Waals surface area contributed by atoms with E-state index in [4.69, 9.17) is 0 Å². The smallest absolute Gasteiger partial charge is 0.266 e. The summed E-state index contributed by atoms with van der Waals surface area (Å²) in [6.45, 7) is 1.98. The van der Waals surface area contributed by atoms with E-state index < -0.39 is 0 Å². The van der Waals surface area contributed by atoms with Crippen molar-refractivity contribution in [3.05, 3.63) is 102 Å². The second-order valence-electron chi connectivity index (χ2n) is 7.04. The highest BCUT2D eigenvalue weighted by Gasteiger charge is 2.39. The second kappa shape index (κ2) is 6.17. The van der Waals surface area contributed by atoms with Crippen molar-refractivity contribution in [3.63, 3.8) is 0 Å². The minimum absolute atomic E-state index is 0.270. The molecule has 0 spiro atoms. The SMILES string of the molecule is Cc1ccc(N2C(=O)c3cc4ccccc4c(-c4ccccc4)c3C2=O)cc1. The molecule has 0 fully saturated rings. The van der Waals surface area contributed by atoms with Crippen LogP contribution in [0.3, 0.4) is 0 Å². The van der Waals surface area contributed by atoms with Crippen LogP contribution in [0.25, 0.3) is 21.9 Å². The summed E-state index contributed by atoms with van der Waals surface area (Å²) in [4.78, 5) is 27.9. The maximum Gasteiger partial charge on any atom is 0.266 e. The predicted molar refractivity (Wildman–Crippen MR) is 112 cm³/mol. The zero-order chi connectivity index (χ0) is 19.3. The first-order valence-electron chi connectivity index (χ1n) is 9.22. The summed E-state index contributed by atoms with van der Waals surface area (Å²) in [7, 11) is 0. The van der Waals surface area contributed by atoms with E-state index in [1.807, 2.05) is 91.9 Å². The summed E-state index contributed by atoms with van der Waals surface area (Å²) in [6.07, 6.45) is 0. The molecule has 3 heteroatoms. The lowest BCUT2D eigenvalue weighted by Crippen LogP contribution is -2.29. The van der Waals surface area contributed by atoms with Gasteiger partial charge in [-0.05, 0) is 41.5 Å². The number of carbonyl (C=O) groups is 2. The molecule has 0 bridgehead atoms. The van der Waals surface area contributed by atoms with Crippen LogP contribution in [-0.4, -0.2) is 11.8 Å². The van der Waals surface area contributed by atoms with E-state index in [0.29, 0.717) is 16.8 Å². The number of benzene rings is 4. The molecule has 5 rings (SSSR count). The number of aryl methyl sites for hydroxylation is 1. The van der Waals surface area contributed by atoms with E-state index in [1.54, 1.807) is 0 Å². The molecule has 2 amide bonds. The van der Waals surface area contributed by atoms with Crippen LogP contribution in [-0.2, 0) is 0 Å². The molecule has 4 aromatic rings. The second-order valence-corrected chi connectivity index (χ2v) is 7.04. The fourth-order valence-corrected chi connectivity index (χ4v) is 3.90. The number of hydrogen-bond acceptors (Lipinski definition) is 2. The van der Waals surface area contributed by atoms with Crippen LogP contribution in [0.2, 0.25) is 0 Å². The number of hydrogen-bond donors (Lipinski definition) is 0. The lowest BCUT2D eigenvalue weighted by atomic mass is 9.90. The van der Waals surface area contributed by atoms with Gasteiger partial charge in [-0.1, -0.05) is 72.3 Å². The number of amides is 2. The molecular weight excluding hydrogens is 346 g/mol. The molecule has 0 unspecified atom stereocenters. The first kappa shape index (κ1) is 16.5. The van der Waals surface area contributed by atoms with Crippen molar-refractivity contribution in [1.82, 2.24) is 0 Å². The molecule has 4 aromatic carbocycles. The van der Waals surface area contributed by atoms with Crippen molar-refractivity contribution in [1.29, 1.82) is 0 Å². The monoisotopic (exact) mass is 363 g/mol. The zero-order valence-corrected chi connectivity index (χ0v) is 15.3. The lowest BCUT2D eigenvalue weighted by Gasteiger charge is -2.14. The molecule has 28 heavy (non-hydrogen) atoms. The fourth-order valence-electron chi connectivity index (χ4n) is 3.90. The molecule has 1 heterocycles. The summed E-state index contributed by atoms with van der Waals surface area (Å²) in [5.41, 5.74) is 4.37. The lowest BCUT2D eigenvalue weighted by molar-refractivity contribution is 0.0926. The Morgan fingerprint density at radius 2 is 1.36 bits per heavy atom. The summed E-state index contributed by atoms with van der Waals surface area (Å²) in [5, 5.41) is 1.92. The van der Waals surface area contributed by atoms with Crippen molar-refractivity contribution in [2.24, 2.45) is 0 Å². The maximum absolute atomic E-state index is 13.4. The Labute approximate surface area is 162 Å². The Hall–Kier alpha value is -3.72. The number of imide groups is 1. The Morgan fingerprint density at radius 3 is 2.11 bits per heavy atom. The highest BCUT2D eigenvalue weighted by atomic mass is 16.2. The van der Waals surface area contributed by atoms with Crippen molar-refractivity contribution in [2.45, 2.75) is 6.92 Å². The molecule has 0 N–H and O–H groups in total. The van der Waals surface area contributed by atoms with Crippen LogP contribution >= 0.6 is 0 Å². The van der Waals surface area contributed by atoms with Crippen molar-refractivity contribution < 1.29 is 9.59 Å². The maximum atomic E-state index is 13.4. The standard InChI is InChI=1S/C25H17NO2/c1-16-11-13-19(14-12-16)26-24(27)21-15-18-9-5-6-10-20(18)22(23(21)25(26)28)17-7-3-2-4-8-17/h2-15H,1H3. The van der Waals surface area contributed by atoms with Gasteiger partial charge in [-0.2, -0.15) is 0 Å². The minimum Gasteiger partial charge on any atom is -0.268 e. The van der Waals surface area contributed by atoms with E-state index >= 15 is 0 Å².